The van der Waals surface area contributed by atoms with E-state index in [0.29, 0.717) is 5.02 Å². The highest BCUT2D eigenvalue weighted by Crippen LogP contribution is 2.52. The predicted molar refractivity (Wildman–Crippen MR) is 76.2 cm³/mol. The summed E-state index contributed by atoms with van der Waals surface area (Å²) in [6.07, 6.45) is 0. The van der Waals surface area contributed by atoms with Crippen LogP contribution >= 0.6 is 11.6 Å². The molecular weight excluding hydrogens is 246 g/mol. The predicted octanol–water partition coefficient (Wildman–Crippen LogP) is 3.87. The van der Waals surface area contributed by atoms with Gasteiger partial charge in [-0.2, -0.15) is 0 Å². The molecule has 1 aromatic carbocycles. The van der Waals surface area contributed by atoms with Crippen molar-refractivity contribution in [2.45, 2.75) is 33.1 Å². The second-order valence-corrected chi connectivity index (χ2v) is 6.09. The molecule has 0 atom stereocenters. The quantitative estimate of drug-likeness (QED) is 0.795. The van der Waals surface area contributed by atoms with E-state index in [1.165, 1.54) is 0 Å². The average molecular weight is 266 g/mol. The zero-order valence-corrected chi connectivity index (χ0v) is 12.4. The number of carbonyl (C=O) groups is 1. The Morgan fingerprint density at radius 3 is 2.22 bits per heavy atom. The summed E-state index contributed by atoms with van der Waals surface area (Å²) in [4.78, 5) is 14.5. The van der Waals surface area contributed by atoms with Gasteiger partial charge in [-0.15, -0.1) is 0 Å². The Hall–Kier alpha value is -1.02. The van der Waals surface area contributed by atoms with E-state index in [2.05, 4.69) is 27.7 Å². The third kappa shape index (κ3) is 1.45. The number of amides is 1. The fourth-order valence-corrected chi connectivity index (χ4v) is 3.77. The molecule has 0 aromatic heterocycles. The fraction of sp³-hybridized carbons (Fsp3) is 0.533. The van der Waals surface area contributed by atoms with Crippen LogP contribution in [0.2, 0.25) is 5.02 Å². The number of carbonyl (C=O) groups excluding carboxylic acids is 1. The molecule has 1 amide bonds. The summed E-state index contributed by atoms with van der Waals surface area (Å²) < 4.78 is 0. The summed E-state index contributed by atoms with van der Waals surface area (Å²) in [6.45, 7) is 8.45. The van der Waals surface area contributed by atoms with Crippen molar-refractivity contribution in [3.63, 3.8) is 0 Å². The van der Waals surface area contributed by atoms with E-state index in [1.807, 2.05) is 25.2 Å². The first kappa shape index (κ1) is 13.4. The first-order valence-corrected chi connectivity index (χ1v) is 6.80. The van der Waals surface area contributed by atoms with Crippen LogP contribution in [0.15, 0.2) is 18.2 Å². The van der Waals surface area contributed by atoms with Crippen LogP contribution in [-0.4, -0.2) is 13.0 Å². The largest absolute Gasteiger partial charge is 0.313 e. The molecule has 2 nitrogen and oxygen atoms in total. The van der Waals surface area contributed by atoms with Gasteiger partial charge in [-0.05, 0) is 23.5 Å². The number of benzene rings is 1. The minimum absolute atomic E-state index is 0.163. The smallest absolute Gasteiger partial charge is 0.238 e. The lowest BCUT2D eigenvalue weighted by atomic mass is 9.65. The summed E-state index contributed by atoms with van der Waals surface area (Å²) in [5.74, 6) is 0.648. The van der Waals surface area contributed by atoms with Gasteiger partial charge in [0.15, 0.2) is 0 Å². The average Bonchev–Trinajstić information content (AvgIpc) is 2.50. The van der Waals surface area contributed by atoms with Gasteiger partial charge in [0.25, 0.3) is 0 Å². The van der Waals surface area contributed by atoms with E-state index in [1.54, 1.807) is 4.90 Å². The normalized spacial score (nSPS) is 17.8. The first-order valence-electron chi connectivity index (χ1n) is 6.42. The lowest BCUT2D eigenvalue weighted by molar-refractivity contribution is -0.126. The third-order valence-electron chi connectivity index (χ3n) is 4.25. The minimum atomic E-state index is -0.449. The number of para-hydroxylation sites is 1. The second kappa shape index (κ2) is 4.27. The number of fused-ring (bicyclic) bond motifs is 1. The summed E-state index contributed by atoms with van der Waals surface area (Å²) in [5, 5.41) is 0.659. The first-order chi connectivity index (χ1) is 8.35. The van der Waals surface area contributed by atoms with Gasteiger partial charge in [0.05, 0.1) is 16.1 Å². The van der Waals surface area contributed by atoms with Gasteiger partial charge in [-0.25, -0.2) is 0 Å². The molecule has 0 fully saturated rings. The Bertz CT molecular complexity index is 485. The number of rotatable bonds is 2. The summed E-state index contributed by atoms with van der Waals surface area (Å²) in [6, 6.07) is 5.83. The van der Waals surface area contributed by atoms with Crippen LogP contribution < -0.4 is 4.90 Å². The maximum Gasteiger partial charge on any atom is 0.238 e. The number of likely N-dealkylation sites (N-methyl/N-ethyl adjacent to an activating group) is 1. The number of hydrogen-bond donors (Lipinski definition) is 0. The van der Waals surface area contributed by atoms with E-state index in [4.69, 9.17) is 11.6 Å². The summed E-state index contributed by atoms with van der Waals surface area (Å²) in [5.41, 5.74) is 1.51. The Labute approximate surface area is 114 Å². The summed E-state index contributed by atoms with van der Waals surface area (Å²) in [7, 11) is 1.82. The maximum absolute atomic E-state index is 12.8. The highest BCUT2D eigenvalue weighted by atomic mass is 35.5. The van der Waals surface area contributed by atoms with Gasteiger partial charge in [-0.3, -0.25) is 4.79 Å². The van der Waals surface area contributed by atoms with E-state index in [0.717, 1.165) is 11.3 Å². The summed E-state index contributed by atoms with van der Waals surface area (Å²) >= 11 is 6.27. The number of halogens is 1. The molecule has 98 valence electrons. The van der Waals surface area contributed by atoms with Gasteiger partial charge in [-0.1, -0.05) is 51.4 Å². The van der Waals surface area contributed by atoms with Crippen molar-refractivity contribution < 1.29 is 4.79 Å². The lowest BCUT2D eigenvalue weighted by Crippen LogP contribution is -2.46. The van der Waals surface area contributed by atoms with Crippen LogP contribution in [0.1, 0.15) is 33.3 Å². The van der Waals surface area contributed by atoms with Crippen LogP contribution in [0.4, 0.5) is 5.69 Å². The molecule has 1 aliphatic rings. The van der Waals surface area contributed by atoms with Crippen LogP contribution in [0, 0.1) is 11.8 Å². The minimum Gasteiger partial charge on any atom is -0.313 e. The molecule has 1 aliphatic heterocycles. The van der Waals surface area contributed by atoms with Crippen LogP contribution in [0.25, 0.3) is 0 Å². The Morgan fingerprint density at radius 1 is 1.17 bits per heavy atom. The van der Waals surface area contributed by atoms with Crippen molar-refractivity contribution in [1.29, 1.82) is 0 Å². The molecule has 1 aromatic rings. The van der Waals surface area contributed by atoms with E-state index >= 15 is 0 Å². The molecule has 0 radical (unpaired) electrons. The fourth-order valence-electron chi connectivity index (χ4n) is 3.47. The van der Waals surface area contributed by atoms with Crippen molar-refractivity contribution in [1.82, 2.24) is 0 Å². The van der Waals surface area contributed by atoms with Crippen molar-refractivity contribution in [2.75, 3.05) is 11.9 Å². The molecule has 1 heterocycles. The van der Waals surface area contributed by atoms with Crippen molar-refractivity contribution >= 4 is 23.2 Å². The van der Waals surface area contributed by atoms with Gasteiger partial charge < -0.3 is 4.90 Å². The zero-order valence-electron chi connectivity index (χ0n) is 11.6. The van der Waals surface area contributed by atoms with E-state index in [9.17, 15) is 4.79 Å². The van der Waals surface area contributed by atoms with Gasteiger partial charge >= 0.3 is 0 Å². The Kier molecular flexibility index (Phi) is 3.18. The lowest BCUT2D eigenvalue weighted by Gasteiger charge is -2.36. The molecule has 0 bridgehead atoms. The van der Waals surface area contributed by atoms with Gasteiger partial charge in [0, 0.05) is 7.05 Å². The third-order valence-corrected chi connectivity index (χ3v) is 4.55. The van der Waals surface area contributed by atoms with Gasteiger partial charge in [0.1, 0.15) is 0 Å². The monoisotopic (exact) mass is 265 g/mol. The Morgan fingerprint density at radius 2 is 1.72 bits per heavy atom. The molecule has 0 aliphatic carbocycles. The van der Waals surface area contributed by atoms with Crippen LogP contribution in [0.5, 0.6) is 0 Å². The highest BCUT2D eigenvalue weighted by Gasteiger charge is 2.54. The van der Waals surface area contributed by atoms with Crippen molar-refractivity contribution in [3.05, 3.63) is 28.8 Å². The second-order valence-electron chi connectivity index (χ2n) is 5.68. The molecule has 3 heteroatoms. The van der Waals surface area contributed by atoms with Gasteiger partial charge in [0.2, 0.25) is 5.91 Å². The molecule has 0 spiro atoms. The number of hydrogen-bond acceptors (Lipinski definition) is 1. The maximum atomic E-state index is 12.8. The van der Waals surface area contributed by atoms with E-state index in [-0.39, 0.29) is 17.7 Å². The van der Waals surface area contributed by atoms with Crippen LogP contribution in [0.3, 0.4) is 0 Å². The molecule has 0 saturated heterocycles. The SMILES string of the molecule is CC(C)C1(C(C)C)C(=O)N(C)c2c(Cl)cccc21. The Balaban J connectivity index is 2.79. The van der Waals surface area contributed by atoms with Crippen molar-refractivity contribution in [2.24, 2.45) is 11.8 Å². The topological polar surface area (TPSA) is 20.3 Å². The van der Waals surface area contributed by atoms with Crippen molar-refractivity contribution in [3.8, 4) is 0 Å². The standard InChI is InChI=1S/C15H20ClNO/c1-9(2)15(10(3)4)11-7-6-8-12(16)13(11)17(5)14(15)18/h6-10H,1-5H3. The number of nitrogens with zero attached hydrogens (tertiary/aromatic N) is 1. The molecule has 18 heavy (non-hydrogen) atoms. The molecule has 0 N–H and O–H groups in total. The molecule has 2 rings (SSSR count). The van der Waals surface area contributed by atoms with E-state index < -0.39 is 5.41 Å². The van der Waals surface area contributed by atoms with Crippen LogP contribution in [-0.2, 0) is 10.2 Å². The molecule has 0 saturated carbocycles. The molecule has 0 unspecified atom stereocenters. The highest BCUT2D eigenvalue weighted by molar-refractivity contribution is 6.35. The number of anilines is 1. The molecular formula is C15H20ClNO. The zero-order chi connectivity index (χ0) is 13.7.